The predicted octanol–water partition coefficient (Wildman–Crippen LogP) is 2.55. The summed E-state index contributed by atoms with van der Waals surface area (Å²) >= 11 is 0. The van der Waals surface area contributed by atoms with E-state index in [1.807, 2.05) is 61.5 Å². The van der Waals surface area contributed by atoms with Crippen molar-refractivity contribution >= 4 is 11.8 Å². The van der Waals surface area contributed by atoms with Crippen molar-refractivity contribution in [3.63, 3.8) is 0 Å². The lowest BCUT2D eigenvalue weighted by molar-refractivity contribution is -0.233. The van der Waals surface area contributed by atoms with Crippen LogP contribution in [0.25, 0.3) is 0 Å². The average molecular weight is 336 g/mol. The monoisotopic (exact) mass is 336 g/mol. The third-order valence-corrected chi connectivity index (χ3v) is 4.73. The summed E-state index contributed by atoms with van der Waals surface area (Å²) < 4.78 is 0. The fraction of sp³-hybridized carbons (Fsp3) is 0.300. The molecule has 0 bridgehead atoms. The summed E-state index contributed by atoms with van der Waals surface area (Å²) in [6.07, 6.45) is 0.331. The van der Waals surface area contributed by atoms with Crippen molar-refractivity contribution in [1.82, 2.24) is 9.96 Å². The molecule has 5 heteroatoms. The summed E-state index contributed by atoms with van der Waals surface area (Å²) in [5.74, 6) is -0.0293. The number of hydroxylamine groups is 2. The Morgan fingerprint density at radius 3 is 2.60 bits per heavy atom. The Balaban J connectivity index is 1.39. The van der Waals surface area contributed by atoms with Gasteiger partial charge in [-0.2, -0.15) is 0 Å². The van der Waals surface area contributed by atoms with Crippen LogP contribution in [0.3, 0.4) is 0 Å². The smallest absolute Gasteiger partial charge is 0.254 e. The summed E-state index contributed by atoms with van der Waals surface area (Å²) in [5, 5.41) is 1.43. The van der Waals surface area contributed by atoms with Crippen molar-refractivity contribution in [3.05, 3.63) is 71.3 Å². The minimum atomic E-state index is -0.550. The van der Waals surface area contributed by atoms with E-state index < -0.39 is 5.60 Å². The number of benzene rings is 2. The summed E-state index contributed by atoms with van der Waals surface area (Å²) in [5.41, 5.74) is 2.22. The lowest BCUT2D eigenvalue weighted by Crippen LogP contribution is -2.63. The van der Waals surface area contributed by atoms with Crippen LogP contribution in [0, 0.1) is 6.92 Å². The molecular formula is C20H20N2O3. The summed E-state index contributed by atoms with van der Waals surface area (Å²) in [7, 11) is 0. The number of carbonyl (C=O) groups is 2. The standard InChI is InChI=1S/C20H20N2O3/c1-15-6-5-9-17(10-15)19(24)21-13-20(14-21)11-18(23)22(25-20)12-16-7-3-2-4-8-16/h2-10H,11-14H2,1H3. The van der Waals surface area contributed by atoms with Crippen molar-refractivity contribution in [2.75, 3.05) is 13.1 Å². The zero-order valence-corrected chi connectivity index (χ0v) is 14.1. The number of likely N-dealkylation sites (tertiary alicyclic amines) is 1. The van der Waals surface area contributed by atoms with E-state index in [1.165, 1.54) is 5.06 Å². The highest BCUT2D eigenvalue weighted by Crippen LogP contribution is 2.37. The lowest BCUT2D eigenvalue weighted by atomic mass is 9.90. The third kappa shape index (κ3) is 3.03. The maximum atomic E-state index is 12.5. The van der Waals surface area contributed by atoms with Gasteiger partial charge in [0.05, 0.1) is 26.1 Å². The molecule has 2 aliphatic rings. The van der Waals surface area contributed by atoms with Crippen LogP contribution in [0.1, 0.15) is 27.9 Å². The molecule has 2 fully saturated rings. The first kappa shape index (κ1) is 15.8. The number of amides is 2. The average Bonchev–Trinajstić information content (AvgIpc) is 2.91. The Morgan fingerprint density at radius 1 is 1.12 bits per heavy atom. The molecule has 4 rings (SSSR count). The quantitative estimate of drug-likeness (QED) is 0.865. The largest absolute Gasteiger partial charge is 0.332 e. The molecule has 0 aromatic heterocycles. The van der Waals surface area contributed by atoms with Crippen molar-refractivity contribution in [1.29, 1.82) is 0 Å². The molecule has 2 amide bonds. The van der Waals surface area contributed by atoms with Gasteiger partial charge >= 0.3 is 0 Å². The number of aryl methyl sites for hydroxylation is 1. The fourth-order valence-corrected chi connectivity index (χ4v) is 3.47. The molecule has 2 heterocycles. The minimum Gasteiger partial charge on any atom is -0.332 e. The van der Waals surface area contributed by atoms with E-state index in [4.69, 9.17) is 4.84 Å². The van der Waals surface area contributed by atoms with Gasteiger partial charge in [-0.15, -0.1) is 0 Å². The topological polar surface area (TPSA) is 49.9 Å². The number of rotatable bonds is 3. The zero-order valence-electron chi connectivity index (χ0n) is 14.1. The number of carbonyl (C=O) groups excluding carboxylic acids is 2. The molecule has 0 atom stereocenters. The van der Waals surface area contributed by atoms with E-state index in [0.29, 0.717) is 31.6 Å². The van der Waals surface area contributed by atoms with Crippen LogP contribution in [0.5, 0.6) is 0 Å². The van der Waals surface area contributed by atoms with E-state index in [1.54, 1.807) is 4.90 Å². The predicted molar refractivity (Wildman–Crippen MR) is 92.5 cm³/mol. The second-order valence-corrected chi connectivity index (χ2v) is 6.90. The van der Waals surface area contributed by atoms with E-state index in [2.05, 4.69) is 0 Å². The van der Waals surface area contributed by atoms with Gasteiger partial charge in [0.1, 0.15) is 5.60 Å². The normalized spacial score (nSPS) is 18.5. The van der Waals surface area contributed by atoms with Gasteiger partial charge in [-0.05, 0) is 24.6 Å². The van der Waals surface area contributed by atoms with E-state index in [9.17, 15) is 9.59 Å². The van der Waals surface area contributed by atoms with Crippen LogP contribution in [-0.2, 0) is 16.2 Å². The van der Waals surface area contributed by atoms with Gasteiger partial charge in [0, 0.05) is 5.56 Å². The van der Waals surface area contributed by atoms with E-state index in [-0.39, 0.29) is 11.8 Å². The highest BCUT2D eigenvalue weighted by molar-refractivity contribution is 5.95. The molecule has 0 saturated carbocycles. The fourth-order valence-electron chi connectivity index (χ4n) is 3.47. The lowest BCUT2D eigenvalue weighted by Gasteiger charge is -2.45. The molecule has 1 spiro atoms. The molecule has 5 nitrogen and oxygen atoms in total. The van der Waals surface area contributed by atoms with E-state index >= 15 is 0 Å². The van der Waals surface area contributed by atoms with Crippen LogP contribution in [0.2, 0.25) is 0 Å². The second-order valence-electron chi connectivity index (χ2n) is 6.90. The van der Waals surface area contributed by atoms with E-state index in [0.717, 1.165) is 11.1 Å². The van der Waals surface area contributed by atoms with Gasteiger partial charge in [-0.25, -0.2) is 5.06 Å². The Morgan fingerprint density at radius 2 is 1.88 bits per heavy atom. The van der Waals surface area contributed by atoms with Crippen molar-refractivity contribution in [2.45, 2.75) is 25.5 Å². The molecule has 2 saturated heterocycles. The van der Waals surface area contributed by atoms with Crippen molar-refractivity contribution in [3.8, 4) is 0 Å². The molecule has 2 aromatic rings. The molecule has 0 aliphatic carbocycles. The van der Waals surface area contributed by atoms with Crippen molar-refractivity contribution < 1.29 is 14.4 Å². The van der Waals surface area contributed by atoms with Crippen LogP contribution < -0.4 is 0 Å². The highest BCUT2D eigenvalue weighted by atomic mass is 16.7. The molecule has 0 N–H and O–H groups in total. The molecule has 2 aliphatic heterocycles. The van der Waals surface area contributed by atoms with Crippen LogP contribution in [0.4, 0.5) is 0 Å². The molecular weight excluding hydrogens is 316 g/mol. The summed E-state index contributed by atoms with van der Waals surface area (Å²) in [6, 6.07) is 17.3. The molecule has 128 valence electrons. The maximum absolute atomic E-state index is 12.5. The Labute approximate surface area is 146 Å². The third-order valence-electron chi connectivity index (χ3n) is 4.73. The second kappa shape index (κ2) is 6.01. The molecule has 25 heavy (non-hydrogen) atoms. The number of nitrogens with zero attached hydrogens (tertiary/aromatic N) is 2. The Kier molecular flexibility index (Phi) is 3.81. The Bertz CT molecular complexity index is 813. The van der Waals surface area contributed by atoms with Crippen molar-refractivity contribution in [2.24, 2.45) is 0 Å². The zero-order chi connectivity index (χ0) is 17.4. The molecule has 2 aromatic carbocycles. The highest BCUT2D eigenvalue weighted by Gasteiger charge is 2.54. The van der Waals surface area contributed by atoms with Gasteiger partial charge in [0.2, 0.25) is 5.91 Å². The molecule has 0 unspecified atom stereocenters. The first-order chi connectivity index (χ1) is 12.0. The van der Waals surface area contributed by atoms with Crippen LogP contribution >= 0.6 is 0 Å². The minimum absolute atomic E-state index is 0.00752. The molecule has 0 radical (unpaired) electrons. The summed E-state index contributed by atoms with van der Waals surface area (Å²) in [6.45, 7) is 3.31. The number of hydrogen-bond donors (Lipinski definition) is 0. The van der Waals surface area contributed by atoms with Gasteiger partial charge in [-0.1, -0.05) is 48.0 Å². The number of hydrogen-bond acceptors (Lipinski definition) is 3. The van der Waals surface area contributed by atoms with Gasteiger partial charge < -0.3 is 4.90 Å². The van der Waals surface area contributed by atoms with Crippen LogP contribution in [-0.4, -0.2) is 40.5 Å². The SMILES string of the molecule is Cc1cccc(C(=O)N2CC3(CC(=O)N(Cc4ccccc4)O3)C2)c1. The Hall–Kier alpha value is -2.66. The maximum Gasteiger partial charge on any atom is 0.254 e. The van der Waals surface area contributed by atoms with Gasteiger partial charge in [-0.3, -0.25) is 14.4 Å². The summed E-state index contributed by atoms with van der Waals surface area (Å²) in [4.78, 5) is 32.5. The van der Waals surface area contributed by atoms with Gasteiger partial charge in [0.15, 0.2) is 0 Å². The first-order valence-electron chi connectivity index (χ1n) is 8.44. The van der Waals surface area contributed by atoms with Crippen LogP contribution in [0.15, 0.2) is 54.6 Å². The first-order valence-corrected chi connectivity index (χ1v) is 8.44. The van der Waals surface area contributed by atoms with Gasteiger partial charge in [0.25, 0.3) is 5.91 Å².